The van der Waals surface area contributed by atoms with E-state index in [-0.39, 0.29) is 12.0 Å². The summed E-state index contributed by atoms with van der Waals surface area (Å²) in [7, 11) is 1.46. The molecule has 0 bridgehead atoms. The van der Waals surface area contributed by atoms with Crippen molar-refractivity contribution in [2.24, 2.45) is 0 Å². The number of benzene rings is 1. The first-order valence-electron chi connectivity index (χ1n) is 6.10. The summed E-state index contributed by atoms with van der Waals surface area (Å²) in [6, 6.07) is 10.6. The Hall–Kier alpha value is -1.35. The molecule has 1 aliphatic rings. The highest BCUT2D eigenvalue weighted by atomic mass is 16.5. The van der Waals surface area contributed by atoms with Crippen LogP contribution < -0.4 is 0 Å². The number of carbonyl (C=O) groups excluding carboxylic acids is 1. The minimum Gasteiger partial charge on any atom is -0.468 e. The van der Waals surface area contributed by atoms with Crippen LogP contribution in [-0.4, -0.2) is 30.1 Å². The molecule has 1 heterocycles. The fourth-order valence-electron chi connectivity index (χ4n) is 2.49. The molecule has 0 N–H and O–H groups in total. The van der Waals surface area contributed by atoms with Crippen LogP contribution in [-0.2, 0) is 16.1 Å². The molecule has 1 unspecified atom stereocenters. The number of carbonyl (C=O) groups is 1. The summed E-state index contributed by atoms with van der Waals surface area (Å²) in [6.45, 7) is 2.99. The Bertz CT molecular complexity index is 377. The zero-order chi connectivity index (χ0) is 12.3. The molecule has 0 spiro atoms. The van der Waals surface area contributed by atoms with E-state index in [1.54, 1.807) is 0 Å². The molecule has 92 valence electrons. The minimum atomic E-state index is -0.106. The highest BCUT2D eigenvalue weighted by Gasteiger charge is 2.35. The highest BCUT2D eigenvalue weighted by Crippen LogP contribution is 2.26. The van der Waals surface area contributed by atoms with Crippen molar-refractivity contribution in [3.63, 3.8) is 0 Å². The Kier molecular flexibility index (Phi) is 3.79. The second-order valence-electron chi connectivity index (χ2n) is 4.62. The Morgan fingerprint density at radius 1 is 1.35 bits per heavy atom. The summed E-state index contributed by atoms with van der Waals surface area (Å²) in [5.41, 5.74) is 1.25. The van der Waals surface area contributed by atoms with Crippen molar-refractivity contribution in [2.45, 2.75) is 38.4 Å². The van der Waals surface area contributed by atoms with Gasteiger partial charge in [0.2, 0.25) is 0 Å². The number of rotatable bonds is 3. The van der Waals surface area contributed by atoms with Crippen molar-refractivity contribution < 1.29 is 9.53 Å². The predicted molar refractivity (Wildman–Crippen MR) is 66.5 cm³/mol. The monoisotopic (exact) mass is 233 g/mol. The van der Waals surface area contributed by atoms with Gasteiger partial charge in [-0.25, -0.2) is 0 Å². The summed E-state index contributed by atoms with van der Waals surface area (Å²) in [5, 5.41) is 0. The van der Waals surface area contributed by atoms with Crippen molar-refractivity contribution in [1.82, 2.24) is 4.90 Å². The van der Waals surface area contributed by atoms with Gasteiger partial charge < -0.3 is 4.74 Å². The second kappa shape index (κ2) is 5.32. The third kappa shape index (κ3) is 2.67. The smallest absolute Gasteiger partial charge is 0.323 e. The number of hydrogen-bond donors (Lipinski definition) is 0. The molecule has 3 nitrogen and oxygen atoms in total. The molecule has 0 amide bonds. The molecule has 3 heteroatoms. The van der Waals surface area contributed by atoms with Crippen LogP contribution in [0.4, 0.5) is 0 Å². The lowest BCUT2D eigenvalue weighted by atomic mass is 10.2. The van der Waals surface area contributed by atoms with Crippen LogP contribution in [0.25, 0.3) is 0 Å². The number of esters is 1. The molecule has 1 aliphatic heterocycles. The van der Waals surface area contributed by atoms with Crippen LogP contribution >= 0.6 is 0 Å². The largest absolute Gasteiger partial charge is 0.468 e. The molecule has 2 rings (SSSR count). The Balaban J connectivity index is 2.09. The predicted octanol–water partition coefficient (Wildman–Crippen LogP) is 2.21. The fourth-order valence-corrected chi connectivity index (χ4v) is 2.49. The van der Waals surface area contributed by atoms with Crippen LogP contribution in [0.5, 0.6) is 0 Å². The first kappa shape index (κ1) is 12.1. The average molecular weight is 233 g/mol. The average Bonchev–Trinajstić information content (AvgIpc) is 2.72. The van der Waals surface area contributed by atoms with E-state index in [0.29, 0.717) is 6.04 Å². The van der Waals surface area contributed by atoms with Crippen molar-refractivity contribution in [1.29, 1.82) is 0 Å². The Labute approximate surface area is 102 Å². The Morgan fingerprint density at radius 2 is 2.06 bits per heavy atom. The van der Waals surface area contributed by atoms with Crippen LogP contribution in [0, 0.1) is 0 Å². The summed E-state index contributed by atoms with van der Waals surface area (Å²) in [5.74, 6) is -0.106. The Morgan fingerprint density at radius 3 is 2.71 bits per heavy atom. The van der Waals surface area contributed by atoms with Crippen molar-refractivity contribution in [2.75, 3.05) is 7.11 Å². The van der Waals surface area contributed by atoms with Gasteiger partial charge in [0.15, 0.2) is 0 Å². The van der Waals surface area contributed by atoms with E-state index in [0.717, 1.165) is 19.4 Å². The third-order valence-corrected chi connectivity index (χ3v) is 3.51. The summed E-state index contributed by atoms with van der Waals surface area (Å²) in [6.07, 6.45) is 1.97. The normalized spacial score (nSPS) is 24.8. The first-order chi connectivity index (χ1) is 8.22. The van der Waals surface area contributed by atoms with Gasteiger partial charge in [-0.1, -0.05) is 30.3 Å². The van der Waals surface area contributed by atoms with E-state index >= 15 is 0 Å². The van der Waals surface area contributed by atoms with Gasteiger partial charge in [-0.2, -0.15) is 0 Å². The van der Waals surface area contributed by atoms with Gasteiger partial charge in [0.25, 0.3) is 0 Å². The fraction of sp³-hybridized carbons (Fsp3) is 0.500. The molecule has 0 aromatic heterocycles. The van der Waals surface area contributed by atoms with Gasteiger partial charge >= 0.3 is 5.97 Å². The third-order valence-electron chi connectivity index (χ3n) is 3.51. The maximum absolute atomic E-state index is 11.7. The summed E-state index contributed by atoms with van der Waals surface area (Å²) < 4.78 is 4.87. The van der Waals surface area contributed by atoms with Crippen molar-refractivity contribution >= 4 is 5.97 Å². The van der Waals surface area contributed by atoms with Crippen LogP contribution in [0.3, 0.4) is 0 Å². The summed E-state index contributed by atoms with van der Waals surface area (Å²) in [4.78, 5) is 13.9. The summed E-state index contributed by atoms with van der Waals surface area (Å²) >= 11 is 0. The van der Waals surface area contributed by atoms with E-state index in [2.05, 4.69) is 24.0 Å². The highest BCUT2D eigenvalue weighted by molar-refractivity contribution is 5.76. The van der Waals surface area contributed by atoms with E-state index in [4.69, 9.17) is 4.74 Å². The molecule has 1 saturated heterocycles. The van der Waals surface area contributed by atoms with Gasteiger partial charge in [-0.15, -0.1) is 0 Å². The van der Waals surface area contributed by atoms with Crippen LogP contribution in [0.15, 0.2) is 30.3 Å². The number of ether oxygens (including phenoxy) is 1. The molecule has 0 radical (unpaired) electrons. The second-order valence-corrected chi connectivity index (χ2v) is 4.62. The molecule has 1 aromatic carbocycles. The lowest BCUT2D eigenvalue weighted by Gasteiger charge is -2.26. The van der Waals surface area contributed by atoms with Crippen molar-refractivity contribution in [3.05, 3.63) is 35.9 Å². The van der Waals surface area contributed by atoms with Crippen LogP contribution in [0.2, 0.25) is 0 Å². The first-order valence-corrected chi connectivity index (χ1v) is 6.10. The zero-order valence-electron chi connectivity index (χ0n) is 10.4. The molecule has 0 saturated carbocycles. The van der Waals surface area contributed by atoms with E-state index in [9.17, 15) is 4.79 Å². The van der Waals surface area contributed by atoms with E-state index < -0.39 is 0 Å². The standard InChI is InChI=1S/C14H19NO2/c1-11-8-9-13(14(16)17-2)15(11)10-12-6-4-3-5-7-12/h3-7,11,13H,8-10H2,1-2H3/t11?,13-/m1/s1. The number of likely N-dealkylation sites (tertiary alicyclic amines) is 1. The quantitative estimate of drug-likeness (QED) is 0.750. The minimum absolute atomic E-state index is 0.0739. The maximum Gasteiger partial charge on any atom is 0.323 e. The number of nitrogens with zero attached hydrogens (tertiary/aromatic N) is 1. The topological polar surface area (TPSA) is 29.5 Å². The van der Waals surface area contributed by atoms with Gasteiger partial charge in [-0.05, 0) is 25.3 Å². The SMILES string of the molecule is COC(=O)[C@H]1CCC(C)N1Cc1ccccc1. The van der Waals surface area contributed by atoms with Crippen LogP contribution in [0.1, 0.15) is 25.3 Å². The van der Waals surface area contributed by atoms with Gasteiger partial charge in [0.05, 0.1) is 7.11 Å². The molecule has 1 fully saturated rings. The maximum atomic E-state index is 11.7. The van der Waals surface area contributed by atoms with Gasteiger partial charge in [0.1, 0.15) is 6.04 Å². The zero-order valence-corrected chi connectivity index (χ0v) is 10.4. The van der Waals surface area contributed by atoms with Crippen molar-refractivity contribution in [3.8, 4) is 0 Å². The lowest BCUT2D eigenvalue weighted by molar-refractivity contribution is -0.146. The lowest BCUT2D eigenvalue weighted by Crippen LogP contribution is -2.39. The van der Waals surface area contributed by atoms with E-state index in [1.807, 2.05) is 18.2 Å². The number of methoxy groups -OCH3 is 1. The van der Waals surface area contributed by atoms with Gasteiger partial charge in [-0.3, -0.25) is 9.69 Å². The number of hydrogen-bond acceptors (Lipinski definition) is 3. The molecular formula is C14H19NO2. The van der Waals surface area contributed by atoms with E-state index in [1.165, 1.54) is 12.7 Å². The molecule has 1 aromatic rings. The molecule has 0 aliphatic carbocycles. The molecular weight excluding hydrogens is 214 g/mol. The molecule has 17 heavy (non-hydrogen) atoms. The van der Waals surface area contributed by atoms with Gasteiger partial charge in [0, 0.05) is 12.6 Å². The molecule has 2 atom stereocenters.